The van der Waals surface area contributed by atoms with Gasteiger partial charge in [-0.3, -0.25) is 4.79 Å². The standard InChI is InChI=1S/C26H32F3N7O/c1-14(16-10-17(26(27,28)29)12-18(30)11-16)31-21-19-13-20(24(37)35(5)6)23(34-22(19)33-15(2)32-21)36-9-7-8-25(36,3)4/h10-14H,7-9,30H2,1-6H3,(H,31,32,33,34)/t14-/m1/s1. The molecular formula is C26H32F3N7O. The number of anilines is 3. The van der Waals surface area contributed by atoms with E-state index in [0.29, 0.717) is 39.6 Å². The van der Waals surface area contributed by atoms with Gasteiger partial charge in [-0.05, 0) is 70.4 Å². The second-order valence-electron chi connectivity index (χ2n) is 10.4. The maximum atomic E-state index is 13.4. The summed E-state index contributed by atoms with van der Waals surface area (Å²) in [5.41, 5.74) is 5.96. The van der Waals surface area contributed by atoms with E-state index in [1.165, 1.54) is 11.0 Å². The van der Waals surface area contributed by atoms with Crippen LogP contribution in [0, 0.1) is 6.92 Å². The van der Waals surface area contributed by atoms with Crippen molar-refractivity contribution in [2.45, 2.75) is 58.3 Å². The third kappa shape index (κ3) is 5.26. The van der Waals surface area contributed by atoms with Crippen molar-refractivity contribution in [3.05, 3.63) is 46.8 Å². The van der Waals surface area contributed by atoms with E-state index < -0.39 is 17.8 Å². The van der Waals surface area contributed by atoms with Crippen molar-refractivity contribution in [2.75, 3.05) is 36.6 Å². The van der Waals surface area contributed by atoms with Crippen LogP contribution in [0.5, 0.6) is 0 Å². The van der Waals surface area contributed by atoms with Gasteiger partial charge in [-0.25, -0.2) is 15.0 Å². The zero-order valence-electron chi connectivity index (χ0n) is 21.9. The van der Waals surface area contributed by atoms with Crippen molar-refractivity contribution in [2.24, 2.45) is 0 Å². The minimum atomic E-state index is -4.52. The SMILES string of the molecule is Cc1nc(N[C@H](C)c2cc(N)cc(C(F)(F)F)c2)c2cc(C(=O)N(C)C)c(N3CCCC3(C)C)nc2n1. The number of nitrogen functional groups attached to an aromatic ring is 1. The van der Waals surface area contributed by atoms with Crippen molar-refractivity contribution < 1.29 is 18.0 Å². The molecule has 1 fully saturated rings. The largest absolute Gasteiger partial charge is 0.416 e. The van der Waals surface area contributed by atoms with Gasteiger partial charge in [0.25, 0.3) is 5.91 Å². The molecule has 198 valence electrons. The number of carbonyl (C=O) groups is 1. The van der Waals surface area contributed by atoms with E-state index in [4.69, 9.17) is 10.7 Å². The molecule has 11 heteroatoms. The summed E-state index contributed by atoms with van der Waals surface area (Å²) < 4.78 is 40.1. The van der Waals surface area contributed by atoms with Gasteiger partial charge in [0, 0.05) is 31.9 Å². The molecule has 0 saturated carbocycles. The van der Waals surface area contributed by atoms with Crippen LogP contribution in [0.25, 0.3) is 11.0 Å². The number of alkyl halides is 3. The Morgan fingerprint density at radius 1 is 1.16 bits per heavy atom. The Hall–Kier alpha value is -3.63. The van der Waals surface area contributed by atoms with Gasteiger partial charge in [-0.2, -0.15) is 13.2 Å². The molecule has 2 aromatic heterocycles. The molecule has 1 aliphatic rings. The highest BCUT2D eigenvalue weighted by atomic mass is 19.4. The molecule has 0 unspecified atom stereocenters. The summed E-state index contributed by atoms with van der Waals surface area (Å²) >= 11 is 0. The van der Waals surface area contributed by atoms with Gasteiger partial charge < -0.3 is 20.9 Å². The number of hydrogen-bond acceptors (Lipinski definition) is 7. The summed E-state index contributed by atoms with van der Waals surface area (Å²) in [5, 5.41) is 3.70. The normalized spacial score (nSPS) is 16.2. The molecule has 1 aliphatic heterocycles. The van der Waals surface area contributed by atoms with E-state index >= 15 is 0 Å². The number of carbonyl (C=O) groups excluding carboxylic acids is 1. The van der Waals surface area contributed by atoms with Crippen LogP contribution in [0.15, 0.2) is 24.3 Å². The highest BCUT2D eigenvalue weighted by Crippen LogP contribution is 2.38. The number of hydrogen-bond donors (Lipinski definition) is 2. The number of nitrogens with zero attached hydrogens (tertiary/aromatic N) is 5. The van der Waals surface area contributed by atoms with Gasteiger partial charge in [0.15, 0.2) is 5.65 Å². The van der Waals surface area contributed by atoms with E-state index in [9.17, 15) is 18.0 Å². The van der Waals surface area contributed by atoms with Gasteiger partial charge in [-0.15, -0.1) is 0 Å². The van der Waals surface area contributed by atoms with Gasteiger partial charge in [0.2, 0.25) is 0 Å². The molecule has 1 atom stereocenters. The Labute approximate surface area is 214 Å². The molecule has 8 nitrogen and oxygen atoms in total. The Bertz CT molecular complexity index is 1350. The number of halogens is 3. The van der Waals surface area contributed by atoms with Gasteiger partial charge in [-0.1, -0.05) is 0 Å². The highest BCUT2D eigenvalue weighted by molar-refractivity contribution is 6.03. The number of pyridine rings is 1. The van der Waals surface area contributed by atoms with E-state index in [1.54, 1.807) is 34.0 Å². The predicted octanol–water partition coefficient (Wildman–Crippen LogP) is 5.19. The number of benzene rings is 1. The maximum absolute atomic E-state index is 13.4. The molecule has 0 radical (unpaired) electrons. The second-order valence-corrected chi connectivity index (χ2v) is 10.4. The lowest BCUT2D eigenvalue weighted by Crippen LogP contribution is -2.40. The van der Waals surface area contributed by atoms with Crippen LogP contribution in [-0.4, -0.2) is 51.9 Å². The number of aryl methyl sites for hydroxylation is 1. The first-order chi connectivity index (χ1) is 17.2. The molecule has 0 bridgehead atoms. The van der Waals surface area contributed by atoms with E-state index in [1.807, 2.05) is 0 Å². The summed E-state index contributed by atoms with van der Waals surface area (Å²) in [7, 11) is 3.35. The summed E-state index contributed by atoms with van der Waals surface area (Å²) in [6.45, 7) is 8.45. The number of aromatic nitrogens is 3. The summed E-state index contributed by atoms with van der Waals surface area (Å²) in [6.07, 6.45) is -2.57. The summed E-state index contributed by atoms with van der Waals surface area (Å²) in [6, 6.07) is 4.62. The summed E-state index contributed by atoms with van der Waals surface area (Å²) in [5.74, 6) is 1.17. The molecule has 1 saturated heterocycles. The first-order valence-corrected chi connectivity index (χ1v) is 12.1. The van der Waals surface area contributed by atoms with Crippen LogP contribution in [0.3, 0.4) is 0 Å². The quantitative estimate of drug-likeness (QED) is 0.451. The molecule has 37 heavy (non-hydrogen) atoms. The number of nitrogens with one attached hydrogen (secondary N) is 1. The highest BCUT2D eigenvalue weighted by Gasteiger charge is 2.36. The topological polar surface area (TPSA) is 100 Å². The van der Waals surface area contributed by atoms with Crippen LogP contribution in [0.1, 0.15) is 67.0 Å². The fraction of sp³-hybridized carbons (Fsp3) is 0.462. The molecule has 4 rings (SSSR count). The molecule has 0 spiro atoms. The van der Waals surface area contributed by atoms with Crippen molar-refractivity contribution in [1.82, 2.24) is 19.9 Å². The average molecular weight is 516 g/mol. The van der Waals surface area contributed by atoms with Crippen molar-refractivity contribution in [1.29, 1.82) is 0 Å². The van der Waals surface area contributed by atoms with Gasteiger partial charge >= 0.3 is 6.18 Å². The predicted molar refractivity (Wildman–Crippen MR) is 139 cm³/mol. The summed E-state index contributed by atoms with van der Waals surface area (Å²) in [4.78, 5) is 30.7. The lowest BCUT2D eigenvalue weighted by Gasteiger charge is -2.34. The van der Waals surface area contributed by atoms with Gasteiger partial charge in [0.1, 0.15) is 17.5 Å². The van der Waals surface area contributed by atoms with Gasteiger partial charge in [0.05, 0.1) is 22.6 Å². The fourth-order valence-corrected chi connectivity index (χ4v) is 4.75. The third-order valence-electron chi connectivity index (χ3n) is 6.73. The fourth-order valence-electron chi connectivity index (χ4n) is 4.75. The molecule has 3 N–H and O–H groups in total. The minimum Gasteiger partial charge on any atom is -0.399 e. The number of nitrogens with two attached hydrogens (primary N) is 1. The molecule has 3 heterocycles. The smallest absolute Gasteiger partial charge is 0.399 e. The van der Waals surface area contributed by atoms with Crippen LogP contribution >= 0.6 is 0 Å². The number of fused-ring (bicyclic) bond motifs is 1. The molecule has 3 aromatic rings. The monoisotopic (exact) mass is 515 g/mol. The first kappa shape index (κ1) is 26.4. The number of amides is 1. The van der Waals surface area contributed by atoms with Crippen LogP contribution < -0.4 is 16.0 Å². The zero-order chi connectivity index (χ0) is 27.3. The second kappa shape index (κ2) is 9.35. The Morgan fingerprint density at radius 3 is 2.46 bits per heavy atom. The lowest BCUT2D eigenvalue weighted by molar-refractivity contribution is -0.137. The Kier molecular flexibility index (Phi) is 6.68. The Morgan fingerprint density at radius 2 is 1.86 bits per heavy atom. The van der Waals surface area contributed by atoms with E-state index in [-0.39, 0.29) is 17.1 Å². The molecule has 1 amide bonds. The lowest BCUT2D eigenvalue weighted by atomic mass is 10.0. The molecular weight excluding hydrogens is 483 g/mol. The average Bonchev–Trinajstić information content (AvgIpc) is 3.15. The molecule has 1 aromatic carbocycles. The minimum absolute atomic E-state index is 0.0144. The number of rotatable bonds is 5. The van der Waals surface area contributed by atoms with Crippen LogP contribution in [0.4, 0.5) is 30.5 Å². The Balaban J connectivity index is 1.83. The van der Waals surface area contributed by atoms with Crippen molar-refractivity contribution in [3.8, 4) is 0 Å². The van der Waals surface area contributed by atoms with Crippen molar-refractivity contribution >= 4 is 34.3 Å². The van der Waals surface area contributed by atoms with Crippen molar-refractivity contribution in [3.63, 3.8) is 0 Å². The van der Waals surface area contributed by atoms with Crippen LogP contribution in [0.2, 0.25) is 0 Å². The third-order valence-corrected chi connectivity index (χ3v) is 6.73. The van der Waals surface area contributed by atoms with E-state index in [0.717, 1.165) is 31.5 Å². The van der Waals surface area contributed by atoms with E-state index in [2.05, 4.69) is 34.0 Å². The first-order valence-electron chi connectivity index (χ1n) is 12.1. The van der Waals surface area contributed by atoms with Crippen LogP contribution in [-0.2, 0) is 6.18 Å². The zero-order valence-corrected chi connectivity index (χ0v) is 21.9. The molecule has 0 aliphatic carbocycles. The maximum Gasteiger partial charge on any atom is 0.416 e.